The Bertz CT molecular complexity index is 898. The molecule has 0 aliphatic heterocycles. The van der Waals surface area contributed by atoms with E-state index >= 15 is 0 Å². The number of ether oxygens (including phenoxy) is 1. The van der Waals surface area contributed by atoms with Crippen LogP contribution in [0.4, 0.5) is 11.5 Å². The van der Waals surface area contributed by atoms with Crippen molar-refractivity contribution in [1.82, 2.24) is 15.0 Å². The van der Waals surface area contributed by atoms with Crippen molar-refractivity contribution in [3.05, 3.63) is 48.7 Å². The third-order valence-electron chi connectivity index (χ3n) is 4.68. The van der Waals surface area contributed by atoms with Crippen molar-refractivity contribution in [1.29, 1.82) is 0 Å². The number of aromatic nitrogens is 3. The molecular formula is C20H22N4O2. The topological polar surface area (TPSA) is 80.2 Å². The Labute approximate surface area is 152 Å². The molecule has 6 heteroatoms. The van der Waals surface area contributed by atoms with Crippen LogP contribution >= 0.6 is 0 Å². The number of fused-ring (bicyclic) bond motifs is 1. The second-order valence-electron chi connectivity index (χ2n) is 6.75. The minimum Gasteiger partial charge on any atom is -0.490 e. The molecule has 2 N–H and O–H groups in total. The molecule has 1 fully saturated rings. The van der Waals surface area contributed by atoms with Gasteiger partial charge >= 0.3 is 0 Å². The van der Waals surface area contributed by atoms with Gasteiger partial charge in [-0.2, -0.15) is 0 Å². The van der Waals surface area contributed by atoms with E-state index < -0.39 is 0 Å². The van der Waals surface area contributed by atoms with Gasteiger partial charge in [0.2, 0.25) is 0 Å². The van der Waals surface area contributed by atoms with Crippen LogP contribution in [0.3, 0.4) is 0 Å². The molecule has 3 aromatic rings. The maximum Gasteiger partial charge on any atom is 0.138 e. The quantitative estimate of drug-likeness (QED) is 0.746. The van der Waals surface area contributed by atoms with Gasteiger partial charge in [0.1, 0.15) is 23.5 Å². The molecule has 6 nitrogen and oxygen atoms in total. The maximum atomic E-state index is 9.82. The average Bonchev–Trinajstić information content (AvgIpc) is 2.64. The predicted molar refractivity (Wildman–Crippen MR) is 101 cm³/mol. The van der Waals surface area contributed by atoms with Crippen LogP contribution in [0.25, 0.3) is 10.8 Å². The lowest BCUT2D eigenvalue weighted by Gasteiger charge is -2.26. The number of pyridine rings is 1. The molecule has 0 amide bonds. The van der Waals surface area contributed by atoms with Gasteiger partial charge in [-0.3, -0.25) is 0 Å². The second-order valence-corrected chi connectivity index (χ2v) is 6.75. The predicted octanol–water partition coefficient (Wildman–Crippen LogP) is 3.76. The molecule has 0 radical (unpaired) electrons. The van der Waals surface area contributed by atoms with Gasteiger partial charge in [-0.05, 0) is 55.8 Å². The van der Waals surface area contributed by atoms with E-state index in [1.807, 2.05) is 31.2 Å². The van der Waals surface area contributed by atoms with Crippen LogP contribution in [0, 0.1) is 6.92 Å². The lowest BCUT2D eigenvalue weighted by Crippen LogP contribution is -2.28. The summed E-state index contributed by atoms with van der Waals surface area (Å²) < 4.78 is 6.08. The third kappa shape index (κ3) is 3.75. The van der Waals surface area contributed by atoms with Gasteiger partial charge in [0.25, 0.3) is 0 Å². The van der Waals surface area contributed by atoms with Crippen molar-refractivity contribution < 1.29 is 9.84 Å². The number of aliphatic hydroxyl groups is 1. The zero-order valence-corrected chi connectivity index (χ0v) is 14.7. The highest BCUT2D eigenvalue weighted by atomic mass is 16.5. The Morgan fingerprint density at radius 1 is 1.12 bits per heavy atom. The Kier molecular flexibility index (Phi) is 4.67. The van der Waals surface area contributed by atoms with Crippen LogP contribution < -0.4 is 10.1 Å². The van der Waals surface area contributed by atoms with Gasteiger partial charge in [0.15, 0.2) is 0 Å². The fourth-order valence-electron chi connectivity index (χ4n) is 3.34. The normalized spacial score (nSPS) is 20.1. The molecule has 1 aliphatic carbocycles. The largest absolute Gasteiger partial charge is 0.490 e. The van der Waals surface area contributed by atoms with Crippen LogP contribution in [0.1, 0.15) is 31.5 Å². The molecular weight excluding hydrogens is 328 g/mol. The lowest BCUT2D eigenvalue weighted by molar-refractivity contribution is 0.0537. The number of aryl methyl sites for hydroxylation is 1. The van der Waals surface area contributed by atoms with E-state index in [2.05, 4.69) is 20.3 Å². The summed E-state index contributed by atoms with van der Waals surface area (Å²) in [6, 6.07) is 7.96. The minimum atomic E-state index is -0.245. The van der Waals surface area contributed by atoms with Crippen LogP contribution in [0.5, 0.6) is 5.75 Å². The van der Waals surface area contributed by atoms with E-state index in [0.29, 0.717) is 6.42 Å². The number of rotatable bonds is 4. The standard InChI is InChI=1S/C20H22N4O2/c1-13-22-11-15(12-23-13)24-20-19-6-5-18(9-14(19)7-8-21-20)26-17-4-2-3-16(25)10-17/h5-9,11-12,16-17,25H,2-4,10H2,1H3,(H,21,24). The molecule has 134 valence electrons. The minimum absolute atomic E-state index is 0.0836. The van der Waals surface area contributed by atoms with Crippen LogP contribution in [-0.2, 0) is 0 Å². The number of aliphatic hydroxyl groups excluding tert-OH is 1. The highest BCUT2D eigenvalue weighted by Crippen LogP contribution is 2.29. The zero-order valence-electron chi connectivity index (χ0n) is 14.7. The first-order valence-corrected chi connectivity index (χ1v) is 8.96. The first-order valence-electron chi connectivity index (χ1n) is 8.96. The number of benzene rings is 1. The fourth-order valence-corrected chi connectivity index (χ4v) is 3.34. The van der Waals surface area contributed by atoms with Crippen LogP contribution in [0.15, 0.2) is 42.9 Å². The molecule has 2 aromatic heterocycles. The molecule has 2 heterocycles. The summed E-state index contributed by atoms with van der Waals surface area (Å²) in [5.74, 6) is 2.32. The average molecular weight is 350 g/mol. The molecule has 0 spiro atoms. The van der Waals surface area contributed by atoms with Crippen molar-refractivity contribution in [2.24, 2.45) is 0 Å². The van der Waals surface area contributed by atoms with Crippen LogP contribution in [0.2, 0.25) is 0 Å². The zero-order chi connectivity index (χ0) is 17.9. The highest BCUT2D eigenvalue weighted by molar-refractivity contribution is 5.93. The summed E-state index contributed by atoms with van der Waals surface area (Å²) in [6.45, 7) is 1.85. The Balaban J connectivity index is 1.56. The fraction of sp³-hybridized carbons (Fsp3) is 0.350. The molecule has 0 bridgehead atoms. The van der Waals surface area contributed by atoms with Gasteiger partial charge in [0, 0.05) is 18.0 Å². The van der Waals surface area contributed by atoms with Gasteiger partial charge in [-0.15, -0.1) is 0 Å². The summed E-state index contributed by atoms with van der Waals surface area (Å²) in [5, 5.41) is 15.1. The number of nitrogens with zero attached hydrogens (tertiary/aromatic N) is 3. The van der Waals surface area contributed by atoms with Gasteiger partial charge in [-0.1, -0.05) is 0 Å². The second kappa shape index (κ2) is 7.25. The van der Waals surface area contributed by atoms with Crippen molar-refractivity contribution in [3.63, 3.8) is 0 Å². The number of nitrogens with one attached hydrogen (secondary N) is 1. The Morgan fingerprint density at radius 2 is 1.96 bits per heavy atom. The van der Waals surface area contributed by atoms with E-state index in [-0.39, 0.29) is 12.2 Å². The van der Waals surface area contributed by atoms with Crippen LogP contribution in [-0.4, -0.2) is 32.3 Å². The van der Waals surface area contributed by atoms with E-state index in [9.17, 15) is 5.11 Å². The summed E-state index contributed by atoms with van der Waals surface area (Å²) in [6.07, 6.45) is 8.68. The summed E-state index contributed by atoms with van der Waals surface area (Å²) in [5.41, 5.74) is 0.798. The van der Waals surface area contributed by atoms with E-state index in [0.717, 1.165) is 53.1 Å². The molecule has 4 rings (SSSR count). The van der Waals surface area contributed by atoms with Gasteiger partial charge in [0.05, 0.1) is 24.2 Å². The summed E-state index contributed by atoms with van der Waals surface area (Å²) in [7, 11) is 0. The molecule has 26 heavy (non-hydrogen) atoms. The number of hydrogen-bond acceptors (Lipinski definition) is 6. The van der Waals surface area contributed by atoms with Crippen molar-refractivity contribution in [2.45, 2.75) is 44.8 Å². The van der Waals surface area contributed by atoms with E-state index in [1.165, 1.54) is 0 Å². The Hall–Kier alpha value is -2.73. The maximum absolute atomic E-state index is 9.82. The smallest absolute Gasteiger partial charge is 0.138 e. The number of hydrogen-bond donors (Lipinski definition) is 2. The monoisotopic (exact) mass is 350 g/mol. The Morgan fingerprint density at radius 3 is 2.77 bits per heavy atom. The van der Waals surface area contributed by atoms with Crippen molar-refractivity contribution >= 4 is 22.3 Å². The summed E-state index contributed by atoms with van der Waals surface area (Å²) >= 11 is 0. The van der Waals surface area contributed by atoms with Gasteiger partial charge in [-0.25, -0.2) is 15.0 Å². The van der Waals surface area contributed by atoms with Crippen molar-refractivity contribution in [3.8, 4) is 5.75 Å². The summed E-state index contributed by atoms with van der Waals surface area (Å²) in [4.78, 5) is 12.8. The molecule has 1 saturated carbocycles. The molecule has 0 saturated heterocycles. The van der Waals surface area contributed by atoms with Gasteiger partial charge < -0.3 is 15.2 Å². The molecule has 1 aromatic carbocycles. The SMILES string of the molecule is Cc1ncc(Nc2nccc3cc(OC4CCCC(O)C4)ccc23)cn1. The van der Waals surface area contributed by atoms with E-state index in [4.69, 9.17) is 4.74 Å². The molecule has 2 atom stereocenters. The highest BCUT2D eigenvalue weighted by Gasteiger charge is 2.21. The third-order valence-corrected chi connectivity index (χ3v) is 4.68. The first-order chi connectivity index (χ1) is 12.7. The lowest BCUT2D eigenvalue weighted by atomic mass is 9.95. The number of anilines is 2. The van der Waals surface area contributed by atoms with E-state index in [1.54, 1.807) is 18.6 Å². The molecule has 2 unspecified atom stereocenters. The molecule has 1 aliphatic rings. The first kappa shape index (κ1) is 16.7. The van der Waals surface area contributed by atoms with Crippen molar-refractivity contribution in [2.75, 3.05) is 5.32 Å².